The Morgan fingerprint density at radius 1 is 1.17 bits per heavy atom. The van der Waals surface area contributed by atoms with Gasteiger partial charge in [0.2, 0.25) is 0 Å². The maximum Gasteiger partial charge on any atom is 0.316 e. The number of phenolic OH excluding ortho intramolecular Hbond substituents is 1. The number of pyridine rings is 1. The Kier molecular flexibility index (Phi) is 2.89. The fourth-order valence-electron chi connectivity index (χ4n) is 1.05. The lowest BCUT2D eigenvalue weighted by Crippen LogP contribution is -1.75. The lowest BCUT2D eigenvalue weighted by molar-refractivity contribution is 0.476. The van der Waals surface area contributed by atoms with Crippen molar-refractivity contribution in [3.05, 3.63) is 36.5 Å². The van der Waals surface area contributed by atoms with Gasteiger partial charge in [0, 0.05) is 17.6 Å². The molecule has 1 N–H and O–H groups in total. The highest BCUT2D eigenvalue weighted by atomic mass is 24.3. The molecule has 0 saturated heterocycles. The molecule has 0 spiro atoms. The molecule has 0 aliphatic carbocycles. The number of fused-ring (bicyclic) bond motifs is 1. The minimum Gasteiger partial charge on any atom is -0.508 e. The third-order valence-corrected chi connectivity index (χ3v) is 1.59. The van der Waals surface area contributed by atoms with Gasteiger partial charge in [-0.1, -0.05) is 6.07 Å². The van der Waals surface area contributed by atoms with Gasteiger partial charge < -0.3 is 5.11 Å². The molecule has 12 heavy (non-hydrogen) atoms. The SMILES string of the molecule is Oc1ccc2cccnc2c1.[MgH2]. The zero-order valence-corrected chi connectivity index (χ0v) is 5.86. The van der Waals surface area contributed by atoms with Crippen molar-refractivity contribution in [3.8, 4) is 5.75 Å². The summed E-state index contributed by atoms with van der Waals surface area (Å²) in [4.78, 5) is 4.08. The van der Waals surface area contributed by atoms with Crippen LogP contribution in [-0.4, -0.2) is 33.1 Å². The topological polar surface area (TPSA) is 33.1 Å². The van der Waals surface area contributed by atoms with Crippen LogP contribution in [0, 0.1) is 0 Å². The number of benzene rings is 1. The molecule has 0 atom stereocenters. The van der Waals surface area contributed by atoms with Crippen LogP contribution >= 0.6 is 0 Å². The van der Waals surface area contributed by atoms with Crippen LogP contribution in [0.1, 0.15) is 0 Å². The summed E-state index contributed by atoms with van der Waals surface area (Å²) in [6, 6.07) is 8.98. The van der Waals surface area contributed by atoms with Crippen molar-refractivity contribution in [2.24, 2.45) is 0 Å². The molecule has 0 aliphatic heterocycles. The molecule has 0 bridgehead atoms. The van der Waals surface area contributed by atoms with Crippen LogP contribution in [0.15, 0.2) is 36.5 Å². The van der Waals surface area contributed by atoms with E-state index in [1.165, 1.54) is 0 Å². The van der Waals surface area contributed by atoms with Gasteiger partial charge in [-0.25, -0.2) is 0 Å². The number of rotatable bonds is 0. The van der Waals surface area contributed by atoms with Crippen LogP contribution < -0.4 is 0 Å². The second-order valence-electron chi connectivity index (χ2n) is 2.38. The normalized spacial score (nSPS) is 9.33. The molecular formula is C9H9MgNO. The van der Waals surface area contributed by atoms with Gasteiger partial charge in [0.15, 0.2) is 0 Å². The van der Waals surface area contributed by atoms with Crippen molar-refractivity contribution in [3.63, 3.8) is 0 Å². The van der Waals surface area contributed by atoms with E-state index in [0.29, 0.717) is 0 Å². The fourth-order valence-corrected chi connectivity index (χ4v) is 1.05. The third kappa shape index (κ3) is 1.68. The summed E-state index contributed by atoms with van der Waals surface area (Å²) in [7, 11) is 0. The van der Waals surface area contributed by atoms with E-state index in [4.69, 9.17) is 5.11 Å². The van der Waals surface area contributed by atoms with Gasteiger partial charge in [-0.05, 0) is 18.2 Å². The Hall–Kier alpha value is -0.804. The molecule has 0 amide bonds. The number of aromatic nitrogens is 1. The van der Waals surface area contributed by atoms with Crippen molar-refractivity contribution in [2.75, 3.05) is 0 Å². The summed E-state index contributed by atoms with van der Waals surface area (Å²) in [5.74, 6) is 0.260. The molecule has 2 rings (SSSR count). The van der Waals surface area contributed by atoms with E-state index in [9.17, 15) is 0 Å². The van der Waals surface area contributed by atoms with E-state index in [0.717, 1.165) is 10.9 Å². The van der Waals surface area contributed by atoms with Crippen molar-refractivity contribution in [1.29, 1.82) is 0 Å². The molecule has 1 aromatic carbocycles. The molecule has 1 heterocycles. The van der Waals surface area contributed by atoms with Crippen LogP contribution in [0.25, 0.3) is 10.9 Å². The molecule has 0 unspecified atom stereocenters. The second kappa shape index (κ2) is 3.73. The molecule has 2 aromatic rings. The summed E-state index contributed by atoms with van der Waals surface area (Å²) in [5.41, 5.74) is 0.826. The largest absolute Gasteiger partial charge is 0.508 e. The Morgan fingerprint density at radius 3 is 2.83 bits per heavy atom. The summed E-state index contributed by atoms with van der Waals surface area (Å²) in [6.45, 7) is 0. The first-order valence-corrected chi connectivity index (χ1v) is 3.40. The lowest BCUT2D eigenvalue weighted by Gasteiger charge is -1.95. The molecule has 0 radical (unpaired) electrons. The minimum absolute atomic E-state index is 0. The van der Waals surface area contributed by atoms with E-state index >= 15 is 0 Å². The highest BCUT2D eigenvalue weighted by molar-refractivity contribution is 5.79. The van der Waals surface area contributed by atoms with Gasteiger partial charge in [-0.15, -0.1) is 0 Å². The standard InChI is InChI=1S/C9H7NO.Mg.2H/c11-8-4-3-7-2-1-5-10-9(7)6-8;;;/h1-6,11H;;;. The predicted molar refractivity (Wildman–Crippen MR) is 52.0 cm³/mol. The first kappa shape index (κ1) is 9.29. The highest BCUT2D eigenvalue weighted by Gasteiger charge is 1.92. The van der Waals surface area contributed by atoms with Crippen LogP contribution in [0.5, 0.6) is 5.75 Å². The van der Waals surface area contributed by atoms with Gasteiger partial charge in [-0.3, -0.25) is 4.98 Å². The van der Waals surface area contributed by atoms with E-state index < -0.39 is 0 Å². The summed E-state index contributed by atoms with van der Waals surface area (Å²) in [5, 5.41) is 10.1. The Morgan fingerprint density at radius 2 is 2.00 bits per heavy atom. The number of phenols is 1. The summed E-state index contributed by atoms with van der Waals surface area (Å²) in [6.07, 6.45) is 1.71. The van der Waals surface area contributed by atoms with Crippen molar-refractivity contribution in [2.45, 2.75) is 0 Å². The maximum atomic E-state index is 9.09. The van der Waals surface area contributed by atoms with Crippen LogP contribution in [-0.2, 0) is 0 Å². The average Bonchev–Trinajstić information content (AvgIpc) is 2.04. The molecule has 58 valence electrons. The third-order valence-electron chi connectivity index (χ3n) is 1.59. The van der Waals surface area contributed by atoms with Crippen molar-refractivity contribution in [1.82, 2.24) is 4.98 Å². The average molecular weight is 171 g/mol. The molecule has 0 saturated carbocycles. The number of aromatic hydroxyl groups is 1. The van der Waals surface area contributed by atoms with Gasteiger partial charge in [0.25, 0.3) is 0 Å². The lowest BCUT2D eigenvalue weighted by atomic mass is 10.2. The van der Waals surface area contributed by atoms with E-state index in [2.05, 4.69) is 4.98 Å². The summed E-state index contributed by atoms with van der Waals surface area (Å²) < 4.78 is 0. The number of hydrogen-bond donors (Lipinski definition) is 1. The summed E-state index contributed by atoms with van der Waals surface area (Å²) >= 11 is 0. The molecule has 0 fully saturated rings. The quantitative estimate of drug-likeness (QED) is 0.601. The van der Waals surface area contributed by atoms with E-state index in [-0.39, 0.29) is 28.8 Å². The Labute approximate surface area is 86.4 Å². The first-order valence-electron chi connectivity index (χ1n) is 3.40. The Bertz CT molecular complexity index is 389. The van der Waals surface area contributed by atoms with Crippen LogP contribution in [0.3, 0.4) is 0 Å². The fraction of sp³-hybridized carbons (Fsp3) is 0. The van der Waals surface area contributed by atoms with Gasteiger partial charge in [0.05, 0.1) is 5.52 Å². The van der Waals surface area contributed by atoms with Crippen molar-refractivity contribution < 1.29 is 5.11 Å². The van der Waals surface area contributed by atoms with Gasteiger partial charge >= 0.3 is 23.1 Å². The van der Waals surface area contributed by atoms with Gasteiger partial charge in [0.1, 0.15) is 5.75 Å². The second-order valence-corrected chi connectivity index (χ2v) is 2.38. The molecule has 0 aliphatic rings. The van der Waals surface area contributed by atoms with E-state index in [1.807, 2.05) is 18.2 Å². The molecule has 1 aromatic heterocycles. The molecular weight excluding hydrogens is 162 g/mol. The first-order chi connectivity index (χ1) is 5.36. The smallest absolute Gasteiger partial charge is 0.316 e. The predicted octanol–water partition coefficient (Wildman–Crippen LogP) is 1.02. The monoisotopic (exact) mass is 171 g/mol. The number of hydrogen-bond acceptors (Lipinski definition) is 2. The van der Waals surface area contributed by atoms with Crippen molar-refractivity contribution >= 4 is 34.0 Å². The minimum atomic E-state index is 0. The highest BCUT2D eigenvalue weighted by Crippen LogP contribution is 2.16. The van der Waals surface area contributed by atoms with Crippen LogP contribution in [0.2, 0.25) is 0 Å². The van der Waals surface area contributed by atoms with E-state index in [1.54, 1.807) is 18.3 Å². The zero-order chi connectivity index (χ0) is 7.68. The van der Waals surface area contributed by atoms with Gasteiger partial charge in [-0.2, -0.15) is 0 Å². The molecule has 2 nitrogen and oxygen atoms in total. The molecule has 3 heteroatoms. The maximum absolute atomic E-state index is 9.09. The Balaban J connectivity index is 0.000000720. The zero-order valence-electron chi connectivity index (χ0n) is 5.86. The van der Waals surface area contributed by atoms with Crippen LogP contribution in [0.4, 0.5) is 0 Å². The number of nitrogens with zero attached hydrogens (tertiary/aromatic N) is 1.